The van der Waals surface area contributed by atoms with Crippen molar-refractivity contribution in [3.05, 3.63) is 0 Å². The zero-order valence-electron chi connectivity index (χ0n) is 12.2. The maximum atomic E-state index is 12.5. The van der Waals surface area contributed by atoms with E-state index in [-0.39, 0.29) is 17.7 Å². The standard InChI is InChI=1S/C15H26N2O2/c1-3-4-8-16-11-13(10-14(16)18)15(19)17-9-6-5-7-12(17)2/h12-13H,3-11H2,1-2H3/t12-,13+/m1/s1. The SMILES string of the molecule is CCCCN1C[C@@H](C(=O)N2CCCC[C@H]2C)CC1=O. The first-order valence-electron chi connectivity index (χ1n) is 7.71. The van der Waals surface area contributed by atoms with Crippen LogP contribution in [0, 0.1) is 5.92 Å². The molecule has 0 bridgehead atoms. The summed E-state index contributed by atoms with van der Waals surface area (Å²) >= 11 is 0. The third-order valence-electron chi connectivity index (χ3n) is 4.43. The quantitative estimate of drug-likeness (QED) is 0.781. The maximum absolute atomic E-state index is 12.5. The van der Waals surface area contributed by atoms with Gasteiger partial charge in [0.25, 0.3) is 0 Å². The Morgan fingerprint density at radius 2 is 2.16 bits per heavy atom. The first-order valence-corrected chi connectivity index (χ1v) is 7.71. The van der Waals surface area contributed by atoms with E-state index in [1.807, 2.05) is 9.80 Å². The summed E-state index contributed by atoms with van der Waals surface area (Å²) < 4.78 is 0. The van der Waals surface area contributed by atoms with Gasteiger partial charge in [-0.1, -0.05) is 13.3 Å². The van der Waals surface area contributed by atoms with Crippen LogP contribution in [-0.4, -0.2) is 47.3 Å². The summed E-state index contributed by atoms with van der Waals surface area (Å²) in [5.74, 6) is 0.279. The van der Waals surface area contributed by atoms with E-state index in [4.69, 9.17) is 0 Å². The van der Waals surface area contributed by atoms with Gasteiger partial charge in [-0.3, -0.25) is 9.59 Å². The third kappa shape index (κ3) is 3.28. The van der Waals surface area contributed by atoms with Crippen molar-refractivity contribution in [2.75, 3.05) is 19.6 Å². The minimum absolute atomic E-state index is 0.0927. The predicted molar refractivity (Wildman–Crippen MR) is 74.6 cm³/mol. The molecule has 2 heterocycles. The van der Waals surface area contributed by atoms with Crippen LogP contribution < -0.4 is 0 Å². The van der Waals surface area contributed by atoms with E-state index in [9.17, 15) is 9.59 Å². The second-order valence-corrected chi connectivity index (χ2v) is 5.97. The topological polar surface area (TPSA) is 40.6 Å². The Morgan fingerprint density at radius 1 is 1.37 bits per heavy atom. The zero-order valence-corrected chi connectivity index (χ0v) is 12.2. The van der Waals surface area contributed by atoms with Gasteiger partial charge in [0, 0.05) is 32.1 Å². The monoisotopic (exact) mass is 266 g/mol. The number of unbranched alkanes of at least 4 members (excludes halogenated alkanes) is 1. The number of piperidine rings is 1. The van der Waals surface area contributed by atoms with Gasteiger partial charge < -0.3 is 9.80 Å². The van der Waals surface area contributed by atoms with Crippen LogP contribution in [0.3, 0.4) is 0 Å². The van der Waals surface area contributed by atoms with Gasteiger partial charge in [0.05, 0.1) is 5.92 Å². The number of likely N-dealkylation sites (tertiary alicyclic amines) is 2. The molecular weight excluding hydrogens is 240 g/mol. The summed E-state index contributed by atoms with van der Waals surface area (Å²) in [6.45, 7) is 6.58. The Balaban J connectivity index is 1.91. The molecule has 0 radical (unpaired) electrons. The number of nitrogens with zero attached hydrogens (tertiary/aromatic N) is 2. The lowest BCUT2D eigenvalue weighted by atomic mass is 9.99. The second-order valence-electron chi connectivity index (χ2n) is 5.97. The van der Waals surface area contributed by atoms with Crippen LogP contribution in [-0.2, 0) is 9.59 Å². The minimum Gasteiger partial charge on any atom is -0.342 e. The molecule has 0 aromatic heterocycles. The fraction of sp³-hybridized carbons (Fsp3) is 0.867. The molecule has 2 aliphatic heterocycles. The van der Waals surface area contributed by atoms with Crippen molar-refractivity contribution >= 4 is 11.8 Å². The summed E-state index contributed by atoms with van der Waals surface area (Å²) in [6, 6.07) is 0.348. The lowest BCUT2D eigenvalue weighted by Crippen LogP contribution is -2.45. The van der Waals surface area contributed by atoms with Crippen LogP contribution in [0.2, 0.25) is 0 Å². The van der Waals surface area contributed by atoms with E-state index in [2.05, 4.69) is 13.8 Å². The minimum atomic E-state index is -0.0927. The molecule has 0 aromatic rings. The Bertz CT molecular complexity index is 343. The first kappa shape index (κ1) is 14.4. The van der Waals surface area contributed by atoms with E-state index in [1.54, 1.807) is 0 Å². The number of amides is 2. The van der Waals surface area contributed by atoms with E-state index < -0.39 is 0 Å². The molecule has 2 aliphatic rings. The summed E-state index contributed by atoms with van der Waals surface area (Å²) in [7, 11) is 0. The van der Waals surface area contributed by atoms with Crippen molar-refractivity contribution in [2.24, 2.45) is 5.92 Å². The molecule has 0 spiro atoms. The van der Waals surface area contributed by atoms with Crippen LogP contribution in [0.5, 0.6) is 0 Å². The van der Waals surface area contributed by atoms with Crippen LogP contribution in [0.15, 0.2) is 0 Å². The Labute approximate surface area is 116 Å². The highest BCUT2D eigenvalue weighted by Crippen LogP contribution is 2.24. The van der Waals surface area contributed by atoms with Crippen molar-refractivity contribution in [1.29, 1.82) is 0 Å². The van der Waals surface area contributed by atoms with Gasteiger partial charge in [0.15, 0.2) is 0 Å². The Morgan fingerprint density at radius 3 is 2.84 bits per heavy atom. The number of hydrogen-bond donors (Lipinski definition) is 0. The average molecular weight is 266 g/mol. The molecule has 2 amide bonds. The molecule has 0 unspecified atom stereocenters. The Kier molecular flexibility index (Phi) is 4.83. The van der Waals surface area contributed by atoms with Gasteiger partial charge in [-0.05, 0) is 32.6 Å². The number of rotatable bonds is 4. The van der Waals surface area contributed by atoms with Crippen LogP contribution in [0.1, 0.15) is 52.4 Å². The molecule has 19 heavy (non-hydrogen) atoms. The summed E-state index contributed by atoms with van der Waals surface area (Å²) in [5, 5.41) is 0. The number of hydrogen-bond acceptors (Lipinski definition) is 2. The molecule has 108 valence electrons. The molecule has 4 nitrogen and oxygen atoms in total. The van der Waals surface area contributed by atoms with Crippen molar-refractivity contribution in [2.45, 2.75) is 58.4 Å². The van der Waals surface area contributed by atoms with Crippen LogP contribution in [0.25, 0.3) is 0 Å². The molecule has 0 saturated carbocycles. The lowest BCUT2D eigenvalue weighted by Gasteiger charge is -2.35. The lowest BCUT2D eigenvalue weighted by molar-refractivity contribution is -0.139. The summed E-state index contributed by atoms with van der Waals surface area (Å²) in [6.07, 6.45) is 5.98. The fourth-order valence-corrected chi connectivity index (χ4v) is 3.16. The smallest absolute Gasteiger partial charge is 0.228 e. The highest BCUT2D eigenvalue weighted by atomic mass is 16.2. The molecule has 2 saturated heterocycles. The van der Waals surface area contributed by atoms with Gasteiger partial charge in [-0.15, -0.1) is 0 Å². The molecule has 2 rings (SSSR count). The highest BCUT2D eigenvalue weighted by molar-refractivity contribution is 5.89. The van der Waals surface area contributed by atoms with Gasteiger partial charge in [0.2, 0.25) is 11.8 Å². The first-order chi connectivity index (χ1) is 9.13. The molecule has 2 atom stereocenters. The van der Waals surface area contributed by atoms with E-state index in [0.29, 0.717) is 19.0 Å². The summed E-state index contributed by atoms with van der Waals surface area (Å²) in [4.78, 5) is 28.3. The second kappa shape index (κ2) is 6.40. The van der Waals surface area contributed by atoms with Crippen molar-refractivity contribution in [3.8, 4) is 0 Å². The van der Waals surface area contributed by atoms with Gasteiger partial charge in [0.1, 0.15) is 0 Å². The molecular formula is C15H26N2O2. The maximum Gasteiger partial charge on any atom is 0.228 e. The normalized spacial score (nSPS) is 28.0. The molecule has 2 fully saturated rings. The largest absolute Gasteiger partial charge is 0.342 e. The van der Waals surface area contributed by atoms with Crippen molar-refractivity contribution in [3.63, 3.8) is 0 Å². The summed E-state index contributed by atoms with van der Waals surface area (Å²) in [5.41, 5.74) is 0. The van der Waals surface area contributed by atoms with Crippen LogP contribution >= 0.6 is 0 Å². The molecule has 0 aliphatic carbocycles. The molecule has 0 N–H and O–H groups in total. The van der Waals surface area contributed by atoms with Gasteiger partial charge in [-0.2, -0.15) is 0 Å². The van der Waals surface area contributed by atoms with E-state index in [0.717, 1.165) is 38.8 Å². The third-order valence-corrected chi connectivity index (χ3v) is 4.43. The fourth-order valence-electron chi connectivity index (χ4n) is 3.16. The Hall–Kier alpha value is -1.06. The van der Waals surface area contributed by atoms with Crippen molar-refractivity contribution in [1.82, 2.24) is 9.80 Å². The predicted octanol–water partition coefficient (Wildman–Crippen LogP) is 2.04. The number of carbonyl (C=O) groups excluding carboxylic acids is 2. The van der Waals surface area contributed by atoms with Crippen molar-refractivity contribution < 1.29 is 9.59 Å². The zero-order chi connectivity index (χ0) is 13.8. The van der Waals surface area contributed by atoms with Crippen LogP contribution in [0.4, 0.5) is 0 Å². The van der Waals surface area contributed by atoms with E-state index >= 15 is 0 Å². The number of carbonyl (C=O) groups is 2. The van der Waals surface area contributed by atoms with Gasteiger partial charge >= 0.3 is 0 Å². The van der Waals surface area contributed by atoms with E-state index in [1.165, 1.54) is 6.42 Å². The average Bonchev–Trinajstić information content (AvgIpc) is 2.77. The highest BCUT2D eigenvalue weighted by Gasteiger charge is 2.37. The van der Waals surface area contributed by atoms with Gasteiger partial charge in [-0.25, -0.2) is 0 Å². The molecule has 4 heteroatoms. The molecule has 0 aromatic carbocycles.